The SMILES string of the molecule is CCCc1ccc(Oc2nc(Nc3cc(OC)c(OC)c(OCCN4CCN(C)CC4)c3)ncc2C(=O)Nc2c(C)cccc2C)c(OC)c1. The molecule has 1 aliphatic heterocycles. The van der Waals surface area contributed by atoms with E-state index in [1.807, 2.05) is 56.3 Å². The number of nitrogens with zero attached hydrogens (tertiary/aromatic N) is 4. The van der Waals surface area contributed by atoms with Crippen LogP contribution in [-0.4, -0.2) is 93.4 Å². The van der Waals surface area contributed by atoms with Crippen molar-refractivity contribution in [2.45, 2.75) is 33.6 Å². The number of hydrogen-bond donors (Lipinski definition) is 2. The van der Waals surface area contributed by atoms with E-state index in [1.165, 1.54) is 6.20 Å². The van der Waals surface area contributed by atoms with E-state index in [4.69, 9.17) is 23.7 Å². The molecule has 5 rings (SSSR count). The minimum Gasteiger partial charge on any atom is -0.493 e. The molecule has 0 aliphatic carbocycles. The monoisotopic (exact) mass is 684 g/mol. The molecule has 0 radical (unpaired) electrons. The third-order valence-electron chi connectivity index (χ3n) is 8.65. The third-order valence-corrected chi connectivity index (χ3v) is 8.65. The zero-order valence-corrected chi connectivity index (χ0v) is 30.1. The van der Waals surface area contributed by atoms with E-state index in [2.05, 4.69) is 44.4 Å². The van der Waals surface area contributed by atoms with Gasteiger partial charge in [0.1, 0.15) is 12.2 Å². The molecular weight excluding hydrogens is 636 g/mol. The number of carbonyl (C=O) groups excluding carboxylic acids is 1. The summed E-state index contributed by atoms with van der Waals surface area (Å²) < 4.78 is 29.5. The average molecular weight is 685 g/mol. The normalized spacial score (nSPS) is 13.4. The van der Waals surface area contributed by atoms with Crippen molar-refractivity contribution in [3.05, 3.63) is 77.0 Å². The molecular formula is C38H48N6O6. The Kier molecular flexibility index (Phi) is 12.3. The van der Waals surface area contributed by atoms with E-state index in [0.29, 0.717) is 41.0 Å². The van der Waals surface area contributed by atoms with Gasteiger partial charge in [0.25, 0.3) is 5.91 Å². The number of piperazine rings is 1. The number of nitrogens with one attached hydrogen (secondary N) is 2. The van der Waals surface area contributed by atoms with Gasteiger partial charge < -0.3 is 39.2 Å². The predicted molar refractivity (Wildman–Crippen MR) is 195 cm³/mol. The Balaban J connectivity index is 1.45. The number of rotatable bonds is 15. The fraction of sp³-hybridized carbons (Fsp3) is 0.395. The fourth-order valence-electron chi connectivity index (χ4n) is 5.79. The summed E-state index contributed by atoms with van der Waals surface area (Å²) in [5, 5.41) is 6.25. The van der Waals surface area contributed by atoms with E-state index < -0.39 is 5.91 Å². The summed E-state index contributed by atoms with van der Waals surface area (Å²) >= 11 is 0. The van der Waals surface area contributed by atoms with Crippen LogP contribution < -0.4 is 34.3 Å². The van der Waals surface area contributed by atoms with Crippen molar-refractivity contribution < 1.29 is 28.5 Å². The molecule has 1 aliphatic rings. The first kappa shape index (κ1) is 36.2. The smallest absolute Gasteiger partial charge is 0.262 e. The topological polar surface area (TPSA) is 120 Å². The minimum absolute atomic E-state index is 0.0527. The summed E-state index contributed by atoms with van der Waals surface area (Å²) in [6, 6.07) is 15.2. The highest BCUT2D eigenvalue weighted by Gasteiger charge is 2.22. The van der Waals surface area contributed by atoms with E-state index in [1.54, 1.807) is 27.4 Å². The number of methoxy groups -OCH3 is 3. The van der Waals surface area contributed by atoms with Crippen molar-refractivity contribution in [3.8, 4) is 34.6 Å². The van der Waals surface area contributed by atoms with E-state index in [9.17, 15) is 4.79 Å². The maximum atomic E-state index is 13.7. The van der Waals surface area contributed by atoms with Crippen molar-refractivity contribution in [2.75, 3.05) is 78.3 Å². The maximum absolute atomic E-state index is 13.7. The average Bonchev–Trinajstić information content (AvgIpc) is 3.11. The lowest BCUT2D eigenvalue weighted by molar-refractivity contribution is 0.102. The van der Waals surface area contributed by atoms with Crippen molar-refractivity contribution >= 4 is 23.2 Å². The number of aryl methyl sites for hydroxylation is 3. The summed E-state index contributed by atoms with van der Waals surface area (Å²) in [7, 11) is 6.87. The third kappa shape index (κ3) is 8.93. The van der Waals surface area contributed by atoms with Crippen LogP contribution in [0.5, 0.6) is 34.6 Å². The van der Waals surface area contributed by atoms with Crippen LogP contribution in [0.25, 0.3) is 0 Å². The second-order valence-electron chi connectivity index (χ2n) is 12.3. The molecule has 0 saturated carbocycles. The highest BCUT2D eigenvalue weighted by atomic mass is 16.5. The Morgan fingerprint density at radius 2 is 1.60 bits per heavy atom. The van der Waals surface area contributed by atoms with Gasteiger partial charge in [0, 0.05) is 62.4 Å². The van der Waals surface area contributed by atoms with Crippen LogP contribution >= 0.6 is 0 Å². The number of para-hydroxylation sites is 1. The number of benzene rings is 3. The van der Waals surface area contributed by atoms with Gasteiger partial charge in [0.05, 0.1) is 21.3 Å². The Morgan fingerprint density at radius 1 is 0.880 bits per heavy atom. The number of carbonyl (C=O) groups is 1. The van der Waals surface area contributed by atoms with Crippen LogP contribution in [-0.2, 0) is 6.42 Å². The van der Waals surface area contributed by atoms with Gasteiger partial charge in [-0.1, -0.05) is 37.6 Å². The maximum Gasteiger partial charge on any atom is 0.262 e. The Labute approximate surface area is 294 Å². The lowest BCUT2D eigenvalue weighted by Crippen LogP contribution is -2.45. The standard InChI is InChI=1S/C38H48N6O6/c1-8-10-27-13-14-30(31(21-27)46-5)50-37-29(36(45)41-34-25(2)11-9-12-26(34)3)24-39-38(42-37)40-28-22-32(47-6)35(48-7)33(23-28)49-20-19-44-17-15-43(4)16-18-44/h9,11-14,21-24H,8,10,15-20H2,1-7H3,(H,41,45)(H,39,40,42). The molecule has 0 unspecified atom stereocenters. The number of anilines is 3. The molecule has 3 aromatic carbocycles. The largest absolute Gasteiger partial charge is 0.493 e. The number of ether oxygens (including phenoxy) is 5. The van der Waals surface area contributed by atoms with Crippen molar-refractivity contribution in [3.63, 3.8) is 0 Å². The fourth-order valence-corrected chi connectivity index (χ4v) is 5.79. The van der Waals surface area contributed by atoms with Gasteiger partial charge in [-0.15, -0.1) is 0 Å². The molecule has 0 spiro atoms. The summed E-state index contributed by atoms with van der Waals surface area (Å²) in [6.45, 7) is 11.3. The molecule has 0 atom stereocenters. The lowest BCUT2D eigenvalue weighted by Gasteiger charge is -2.32. The van der Waals surface area contributed by atoms with Gasteiger partial charge in [-0.3, -0.25) is 9.69 Å². The summed E-state index contributed by atoms with van der Waals surface area (Å²) in [4.78, 5) is 27.6. The number of amides is 1. The van der Waals surface area contributed by atoms with Gasteiger partial charge in [0.15, 0.2) is 23.0 Å². The van der Waals surface area contributed by atoms with Crippen LogP contribution in [0, 0.1) is 13.8 Å². The van der Waals surface area contributed by atoms with E-state index in [-0.39, 0.29) is 17.4 Å². The van der Waals surface area contributed by atoms with Crippen molar-refractivity contribution in [2.24, 2.45) is 0 Å². The Morgan fingerprint density at radius 3 is 2.28 bits per heavy atom. The number of aromatic nitrogens is 2. The van der Waals surface area contributed by atoms with Crippen LogP contribution in [0.3, 0.4) is 0 Å². The van der Waals surface area contributed by atoms with Gasteiger partial charge >= 0.3 is 0 Å². The quantitative estimate of drug-likeness (QED) is 0.143. The summed E-state index contributed by atoms with van der Waals surface area (Å²) in [5.74, 6) is 2.26. The van der Waals surface area contributed by atoms with Crippen LogP contribution in [0.1, 0.15) is 40.4 Å². The molecule has 1 amide bonds. The lowest BCUT2D eigenvalue weighted by atomic mass is 10.1. The first-order valence-electron chi connectivity index (χ1n) is 16.9. The molecule has 1 aromatic heterocycles. The van der Waals surface area contributed by atoms with Gasteiger partial charge in [-0.05, 0) is 56.1 Å². The Bertz CT molecular complexity index is 1760. The summed E-state index contributed by atoms with van der Waals surface area (Å²) in [5.41, 5.74) is 4.45. The Hall–Kier alpha value is -5.07. The molecule has 1 saturated heterocycles. The molecule has 50 heavy (non-hydrogen) atoms. The van der Waals surface area contributed by atoms with E-state index >= 15 is 0 Å². The van der Waals surface area contributed by atoms with Gasteiger partial charge in [-0.2, -0.15) is 4.98 Å². The van der Waals surface area contributed by atoms with Crippen molar-refractivity contribution in [1.29, 1.82) is 0 Å². The second kappa shape index (κ2) is 17.0. The highest BCUT2D eigenvalue weighted by Crippen LogP contribution is 2.41. The molecule has 12 nitrogen and oxygen atoms in total. The predicted octanol–water partition coefficient (Wildman–Crippen LogP) is 6.49. The van der Waals surface area contributed by atoms with Gasteiger partial charge in [-0.25, -0.2) is 4.98 Å². The number of likely N-dealkylation sites (N-methyl/N-ethyl adjacent to an activating group) is 1. The molecule has 4 aromatic rings. The minimum atomic E-state index is -0.410. The molecule has 0 bridgehead atoms. The first-order chi connectivity index (χ1) is 24.2. The zero-order chi connectivity index (χ0) is 35.6. The first-order valence-corrected chi connectivity index (χ1v) is 16.9. The molecule has 12 heteroatoms. The molecule has 1 fully saturated rings. The highest BCUT2D eigenvalue weighted by molar-refractivity contribution is 6.06. The number of hydrogen-bond acceptors (Lipinski definition) is 11. The molecule has 2 N–H and O–H groups in total. The van der Waals surface area contributed by atoms with E-state index in [0.717, 1.165) is 67.9 Å². The van der Waals surface area contributed by atoms with Crippen LogP contribution in [0.4, 0.5) is 17.3 Å². The summed E-state index contributed by atoms with van der Waals surface area (Å²) in [6.07, 6.45) is 3.33. The van der Waals surface area contributed by atoms with Crippen LogP contribution in [0.15, 0.2) is 54.7 Å². The van der Waals surface area contributed by atoms with Gasteiger partial charge in [0.2, 0.25) is 17.6 Å². The zero-order valence-electron chi connectivity index (χ0n) is 30.1. The second-order valence-corrected chi connectivity index (χ2v) is 12.3. The van der Waals surface area contributed by atoms with Crippen molar-refractivity contribution in [1.82, 2.24) is 19.8 Å². The molecule has 2 heterocycles. The van der Waals surface area contributed by atoms with Crippen LogP contribution in [0.2, 0.25) is 0 Å². The molecule has 266 valence electrons.